The number of aromatic nitrogens is 5. The molecule has 0 bridgehead atoms. The van der Waals surface area contributed by atoms with E-state index in [1.807, 2.05) is 26.0 Å². The van der Waals surface area contributed by atoms with E-state index in [0.717, 1.165) is 47.2 Å². The molecule has 1 aromatic carbocycles. The Morgan fingerprint density at radius 3 is 2.46 bits per heavy atom. The van der Waals surface area contributed by atoms with Gasteiger partial charge in [-0.2, -0.15) is 4.98 Å². The van der Waals surface area contributed by atoms with E-state index in [0.29, 0.717) is 11.6 Å². The highest BCUT2D eigenvalue weighted by Gasteiger charge is 2.19. The lowest BCUT2D eigenvalue weighted by atomic mass is 10.1. The summed E-state index contributed by atoms with van der Waals surface area (Å²) in [7, 11) is 0. The molecule has 0 amide bonds. The smallest absolute Gasteiger partial charge is 0.282 e. The van der Waals surface area contributed by atoms with Gasteiger partial charge in [-0.3, -0.25) is 9.78 Å². The van der Waals surface area contributed by atoms with E-state index in [1.54, 1.807) is 0 Å². The van der Waals surface area contributed by atoms with Gasteiger partial charge in [0.15, 0.2) is 5.52 Å². The molecule has 1 saturated heterocycles. The van der Waals surface area contributed by atoms with E-state index in [2.05, 4.69) is 41.0 Å². The first kappa shape index (κ1) is 15.3. The van der Waals surface area contributed by atoms with Crippen molar-refractivity contribution in [1.82, 2.24) is 25.0 Å². The highest BCUT2D eigenvalue weighted by Crippen LogP contribution is 2.24. The van der Waals surface area contributed by atoms with Crippen LogP contribution in [0.15, 0.2) is 21.4 Å². The van der Waals surface area contributed by atoms with Gasteiger partial charge in [-0.1, -0.05) is 15.9 Å². The minimum Gasteiger partial charge on any atom is -0.342 e. The molecule has 3 aromatic rings. The van der Waals surface area contributed by atoms with Crippen molar-refractivity contribution in [3.63, 3.8) is 0 Å². The highest BCUT2D eigenvalue weighted by molar-refractivity contribution is 9.10. The molecular formula is C16H17BrN6O. The Kier molecular flexibility index (Phi) is 3.64. The summed E-state index contributed by atoms with van der Waals surface area (Å²) >= 11 is 3.49. The number of hydrogen-bond donors (Lipinski definition) is 1. The lowest BCUT2D eigenvalue weighted by molar-refractivity contribution is 0.752. The zero-order valence-corrected chi connectivity index (χ0v) is 15.1. The fourth-order valence-corrected chi connectivity index (χ4v) is 3.89. The number of aromatic amines is 1. The van der Waals surface area contributed by atoms with Crippen LogP contribution in [0.3, 0.4) is 0 Å². The highest BCUT2D eigenvalue weighted by atomic mass is 79.9. The number of aryl methyl sites for hydroxylation is 2. The summed E-state index contributed by atoms with van der Waals surface area (Å²) in [4.78, 5) is 23.3. The van der Waals surface area contributed by atoms with Gasteiger partial charge in [-0.05, 0) is 49.9 Å². The summed E-state index contributed by atoms with van der Waals surface area (Å²) in [6.07, 6.45) is 2.23. The molecule has 3 heterocycles. The maximum Gasteiger partial charge on any atom is 0.282 e. The number of fused-ring (bicyclic) bond motifs is 1. The van der Waals surface area contributed by atoms with Gasteiger partial charge in [-0.15, -0.1) is 15.0 Å². The second kappa shape index (κ2) is 5.70. The second-order valence-electron chi connectivity index (χ2n) is 6.13. The van der Waals surface area contributed by atoms with Crippen LogP contribution in [-0.4, -0.2) is 38.1 Å². The molecule has 24 heavy (non-hydrogen) atoms. The molecule has 0 unspecified atom stereocenters. The number of nitrogens with zero attached hydrogens (tertiary/aromatic N) is 5. The molecule has 0 saturated carbocycles. The average Bonchev–Trinajstić information content (AvgIpc) is 3.14. The first-order valence-corrected chi connectivity index (χ1v) is 8.71. The molecule has 8 heteroatoms. The number of hydrogen-bond acceptors (Lipinski definition) is 5. The van der Waals surface area contributed by atoms with Crippen LogP contribution in [0.2, 0.25) is 0 Å². The number of H-pyrrole nitrogens is 1. The molecule has 4 rings (SSSR count). The number of anilines is 1. The van der Waals surface area contributed by atoms with Crippen molar-refractivity contribution in [2.24, 2.45) is 0 Å². The number of nitrogens with one attached hydrogen (secondary N) is 1. The van der Waals surface area contributed by atoms with E-state index in [1.165, 1.54) is 4.80 Å². The summed E-state index contributed by atoms with van der Waals surface area (Å²) in [5.74, 6) is 0.585. The van der Waals surface area contributed by atoms with Gasteiger partial charge in [0.2, 0.25) is 11.6 Å². The molecule has 7 nitrogen and oxygen atoms in total. The van der Waals surface area contributed by atoms with Crippen molar-refractivity contribution < 1.29 is 0 Å². The Balaban J connectivity index is 1.87. The SMILES string of the molecule is Cc1cc(Br)cc(C)c1-n1nc2nc(N3CCCC3)[nH]c(=O)c2n1. The zero-order chi connectivity index (χ0) is 16.8. The van der Waals surface area contributed by atoms with E-state index in [-0.39, 0.29) is 11.1 Å². The van der Waals surface area contributed by atoms with E-state index in [9.17, 15) is 4.79 Å². The molecule has 1 aliphatic heterocycles. The molecular weight excluding hydrogens is 372 g/mol. The normalized spacial score (nSPS) is 14.7. The molecule has 1 N–H and O–H groups in total. The summed E-state index contributed by atoms with van der Waals surface area (Å²) in [5.41, 5.74) is 3.32. The fourth-order valence-electron chi connectivity index (χ4n) is 3.21. The van der Waals surface area contributed by atoms with Gasteiger partial charge in [-0.25, -0.2) is 0 Å². The van der Waals surface area contributed by atoms with Gasteiger partial charge >= 0.3 is 0 Å². The molecule has 124 valence electrons. The number of rotatable bonds is 2. The van der Waals surface area contributed by atoms with E-state index < -0.39 is 0 Å². The van der Waals surface area contributed by atoms with Gasteiger partial charge in [0.1, 0.15) is 0 Å². The second-order valence-corrected chi connectivity index (χ2v) is 7.05. The van der Waals surface area contributed by atoms with Crippen molar-refractivity contribution in [3.8, 4) is 5.69 Å². The average molecular weight is 389 g/mol. The maximum absolute atomic E-state index is 12.4. The first-order chi connectivity index (χ1) is 11.5. The lowest BCUT2D eigenvalue weighted by Gasteiger charge is -2.14. The third-order valence-corrected chi connectivity index (χ3v) is 4.77. The van der Waals surface area contributed by atoms with Crippen molar-refractivity contribution in [2.45, 2.75) is 26.7 Å². The van der Waals surface area contributed by atoms with Crippen LogP contribution >= 0.6 is 15.9 Å². The van der Waals surface area contributed by atoms with Gasteiger partial charge in [0.05, 0.1) is 5.69 Å². The molecule has 1 fully saturated rings. The number of benzene rings is 1. The molecule has 0 aliphatic carbocycles. The molecule has 1 aliphatic rings. The maximum atomic E-state index is 12.4. The molecule has 2 aromatic heterocycles. The molecule has 0 atom stereocenters. The third-order valence-electron chi connectivity index (χ3n) is 4.31. The van der Waals surface area contributed by atoms with Crippen LogP contribution in [0.4, 0.5) is 5.95 Å². The van der Waals surface area contributed by atoms with Gasteiger partial charge < -0.3 is 4.90 Å². The summed E-state index contributed by atoms with van der Waals surface area (Å²) in [6, 6.07) is 4.01. The lowest BCUT2D eigenvalue weighted by Crippen LogP contribution is -2.23. The van der Waals surface area contributed by atoms with Crippen LogP contribution in [-0.2, 0) is 0 Å². The van der Waals surface area contributed by atoms with Gasteiger partial charge in [0, 0.05) is 17.6 Å². The van der Waals surface area contributed by atoms with Crippen LogP contribution in [0, 0.1) is 13.8 Å². The number of halogens is 1. The third kappa shape index (κ3) is 2.50. The van der Waals surface area contributed by atoms with E-state index in [4.69, 9.17) is 0 Å². The van der Waals surface area contributed by atoms with Crippen molar-refractivity contribution in [1.29, 1.82) is 0 Å². The largest absolute Gasteiger partial charge is 0.342 e. The van der Waals surface area contributed by atoms with E-state index >= 15 is 0 Å². The summed E-state index contributed by atoms with van der Waals surface area (Å²) in [6.45, 7) is 5.81. The molecule has 0 radical (unpaired) electrons. The topological polar surface area (TPSA) is 79.7 Å². The minimum absolute atomic E-state index is 0.249. The quantitative estimate of drug-likeness (QED) is 0.729. The Hall–Kier alpha value is -2.22. The van der Waals surface area contributed by atoms with Crippen molar-refractivity contribution in [3.05, 3.63) is 38.1 Å². The van der Waals surface area contributed by atoms with Crippen molar-refractivity contribution in [2.75, 3.05) is 18.0 Å². The summed E-state index contributed by atoms with van der Waals surface area (Å²) < 4.78 is 1.00. The Labute approximate surface area is 146 Å². The zero-order valence-electron chi connectivity index (χ0n) is 13.5. The van der Waals surface area contributed by atoms with Crippen LogP contribution < -0.4 is 10.5 Å². The van der Waals surface area contributed by atoms with Crippen LogP contribution in [0.5, 0.6) is 0 Å². The van der Waals surface area contributed by atoms with Crippen LogP contribution in [0.1, 0.15) is 24.0 Å². The minimum atomic E-state index is -0.249. The Bertz CT molecular complexity index is 963. The monoisotopic (exact) mass is 388 g/mol. The Morgan fingerprint density at radius 2 is 1.79 bits per heavy atom. The van der Waals surface area contributed by atoms with Gasteiger partial charge in [0.25, 0.3) is 5.56 Å². The standard InChI is InChI=1S/C16H17BrN6O/c1-9-7-11(17)8-10(2)13(9)23-20-12-14(21-23)18-16(19-15(12)24)22-5-3-4-6-22/h7-8H,3-6H2,1-2H3,(H,18,19,21,24). The summed E-state index contributed by atoms with van der Waals surface area (Å²) in [5, 5.41) is 8.83. The predicted molar refractivity (Wildman–Crippen MR) is 95.9 cm³/mol. The Morgan fingerprint density at radius 1 is 1.12 bits per heavy atom. The van der Waals surface area contributed by atoms with Crippen LogP contribution in [0.25, 0.3) is 16.9 Å². The molecule has 0 spiro atoms. The fraction of sp³-hybridized carbons (Fsp3) is 0.375. The predicted octanol–water partition coefficient (Wildman–Crippen LogP) is 2.48. The first-order valence-electron chi connectivity index (χ1n) is 7.92. The van der Waals surface area contributed by atoms with Crippen molar-refractivity contribution >= 4 is 33.0 Å².